The molecule has 0 bridgehead atoms. The zero-order valence-corrected chi connectivity index (χ0v) is 9.45. The molecule has 0 spiro atoms. The smallest absolute Gasteiger partial charge is 0.141 e. The molecule has 0 amide bonds. The predicted molar refractivity (Wildman–Crippen MR) is 59.3 cm³/mol. The summed E-state index contributed by atoms with van der Waals surface area (Å²) >= 11 is 0. The third kappa shape index (κ3) is 2.23. The van der Waals surface area contributed by atoms with Gasteiger partial charge < -0.3 is 10.5 Å². The second kappa shape index (κ2) is 4.47. The molecule has 0 saturated carbocycles. The van der Waals surface area contributed by atoms with E-state index in [2.05, 4.69) is 4.98 Å². The zero-order valence-electron chi connectivity index (χ0n) is 9.45. The number of nitrogens with zero attached hydrogens (tertiary/aromatic N) is 1. The van der Waals surface area contributed by atoms with Crippen molar-refractivity contribution in [2.45, 2.75) is 37.8 Å². The van der Waals surface area contributed by atoms with E-state index in [0.29, 0.717) is 5.56 Å². The quantitative estimate of drug-likeness (QED) is 0.837. The van der Waals surface area contributed by atoms with Gasteiger partial charge in [0, 0.05) is 12.8 Å². The van der Waals surface area contributed by atoms with Crippen molar-refractivity contribution in [3.8, 4) is 0 Å². The average Bonchev–Trinajstić information content (AvgIpc) is 2.29. The first-order valence-corrected chi connectivity index (χ1v) is 5.62. The third-order valence-electron chi connectivity index (χ3n) is 3.24. The van der Waals surface area contributed by atoms with Crippen molar-refractivity contribution in [1.29, 1.82) is 0 Å². The van der Waals surface area contributed by atoms with Gasteiger partial charge in [-0.1, -0.05) is 0 Å². The topological polar surface area (TPSA) is 48.1 Å². The van der Waals surface area contributed by atoms with Crippen LogP contribution >= 0.6 is 0 Å². The molecule has 0 radical (unpaired) electrons. The van der Waals surface area contributed by atoms with Crippen LogP contribution in [0.15, 0.2) is 18.5 Å². The highest BCUT2D eigenvalue weighted by atomic mass is 19.1. The maximum absolute atomic E-state index is 13.1. The molecule has 2 atom stereocenters. The second-order valence-electron chi connectivity index (χ2n) is 4.53. The molecule has 16 heavy (non-hydrogen) atoms. The van der Waals surface area contributed by atoms with Gasteiger partial charge in [0.15, 0.2) is 0 Å². The van der Waals surface area contributed by atoms with Crippen LogP contribution in [0, 0.1) is 5.82 Å². The summed E-state index contributed by atoms with van der Waals surface area (Å²) in [4.78, 5) is 3.82. The van der Waals surface area contributed by atoms with Gasteiger partial charge in [0.05, 0.1) is 17.8 Å². The minimum atomic E-state index is -0.395. The van der Waals surface area contributed by atoms with Crippen LogP contribution in [0.25, 0.3) is 0 Å². The molecule has 1 aliphatic rings. The highest BCUT2D eigenvalue weighted by molar-refractivity contribution is 5.18. The first-order chi connectivity index (χ1) is 7.62. The first-order valence-electron chi connectivity index (χ1n) is 5.62. The fourth-order valence-corrected chi connectivity index (χ4v) is 2.15. The molecule has 2 heterocycles. The van der Waals surface area contributed by atoms with Gasteiger partial charge in [-0.25, -0.2) is 4.39 Å². The summed E-state index contributed by atoms with van der Waals surface area (Å²) in [7, 11) is 0. The van der Waals surface area contributed by atoms with Crippen molar-refractivity contribution >= 4 is 0 Å². The Morgan fingerprint density at radius 3 is 2.94 bits per heavy atom. The van der Waals surface area contributed by atoms with E-state index in [1.807, 2.05) is 6.92 Å². The molecule has 1 aromatic rings. The zero-order chi connectivity index (χ0) is 11.6. The molecule has 1 aromatic heterocycles. The van der Waals surface area contributed by atoms with Gasteiger partial charge in [0.25, 0.3) is 0 Å². The summed E-state index contributed by atoms with van der Waals surface area (Å²) in [6, 6.07) is 1.11. The van der Waals surface area contributed by atoms with E-state index in [-0.39, 0.29) is 11.9 Å². The van der Waals surface area contributed by atoms with E-state index in [1.165, 1.54) is 12.3 Å². The third-order valence-corrected chi connectivity index (χ3v) is 3.24. The second-order valence-corrected chi connectivity index (χ2v) is 4.53. The summed E-state index contributed by atoms with van der Waals surface area (Å²) in [5.74, 6) is -0.354. The lowest BCUT2D eigenvalue weighted by molar-refractivity contribution is -0.0821. The van der Waals surface area contributed by atoms with Crippen LogP contribution in [0.4, 0.5) is 4.39 Å². The molecule has 2 unspecified atom stereocenters. The molecule has 2 rings (SSSR count). The normalized spacial score (nSPS) is 27.7. The predicted octanol–water partition coefficient (Wildman–Crippen LogP) is 2.18. The monoisotopic (exact) mass is 224 g/mol. The largest absolute Gasteiger partial charge is 0.373 e. The average molecular weight is 224 g/mol. The number of pyridine rings is 1. The highest BCUT2D eigenvalue weighted by Gasteiger charge is 2.35. The fraction of sp³-hybridized carbons (Fsp3) is 0.583. The van der Waals surface area contributed by atoms with Gasteiger partial charge in [0.2, 0.25) is 0 Å². The van der Waals surface area contributed by atoms with Crippen LogP contribution in [0.1, 0.15) is 37.8 Å². The summed E-state index contributed by atoms with van der Waals surface area (Å²) in [6.45, 7) is 2.72. The Labute approximate surface area is 94.8 Å². The molecule has 4 heteroatoms. The summed E-state index contributed by atoms with van der Waals surface area (Å²) < 4.78 is 18.8. The van der Waals surface area contributed by atoms with Crippen molar-refractivity contribution in [2.24, 2.45) is 5.73 Å². The Balaban J connectivity index is 2.20. The van der Waals surface area contributed by atoms with Crippen LogP contribution in [-0.2, 0) is 4.74 Å². The minimum absolute atomic E-state index is 0.323. The molecule has 1 fully saturated rings. The highest BCUT2D eigenvalue weighted by Crippen LogP contribution is 2.34. The van der Waals surface area contributed by atoms with Gasteiger partial charge in [-0.2, -0.15) is 0 Å². The van der Waals surface area contributed by atoms with E-state index in [0.717, 1.165) is 25.9 Å². The lowest BCUT2D eigenvalue weighted by atomic mass is 9.85. The maximum Gasteiger partial charge on any atom is 0.141 e. The summed E-state index contributed by atoms with van der Waals surface area (Å²) in [6.07, 6.45) is 5.87. The van der Waals surface area contributed by atoms with E-state index in [1.54, 1.807) is 6.20 Å². The van der Waals surface area contributed by atoms with E-state index < -0.39 is 5.60 Å². The van der Waals surface area contributed by atoms with E-state index >= 15 is 0 Å². The number of aromatic nitrogens is 1. The van der Waals surface area contributed by atoms with Crippen molar-refractivity contribution in [3.63, 3.8) is 0 Å². The number of halogens is 1. The van der Waals surface area contributed by atoms with Gasteiger partial charge >= 0.3 is 0 Å². The first kappa shape index (κ1) is 11.5. The lowest BCUT2D eigenvalue weighted by Gasteiger charge is -2.38. The Kier molecular flexibility index (Phi) is 3.21. The lowest BCUT2D eigenvalue weighted by Crippen LogP contribution is -2.43. The van der Waals surface area contributed by atoms with Crippen molar-refractivity contribution in [3.05, 3.63) is 29.8 Å². The Bertz CT molecular complexity index is 364. The number of rotatable bonds is 2. The molecular formula is C12H17FN2O. The van der Waals surface area contributed by atoms with Crippen LogP contribution in [-0.4, -0.2) is 17.2 Å². The van der Waals surface area contributed by atoms with Crippen molar-refractivity contribution in [1.82, 2.24) is 4.98 Å². The Morgan fingerprint density at radius 1 is 1.50 bits per heavy atom. The summed E-state index contributed by atoms with van der Waals surface area (Å²) in [5, 5.41) is 0. The van der Waals surface area contributed by atoms with Crippen LogP contribution in [0.2, 0.25) is 0 Å². The van der Waals surface area contributed by atoms with Crippen molar-refractivity contribution < 1.29 is 9.13 Å². The number of nitrogens with two attached hydrogens (primary N) is 1. The Morgan fingerprint density at radius 2 is 2.31 bits per heavy atom. The van der Waals surface area contributed by atoms with Gasteiger partial charge in [-0.3, -0.25) is 4.98 Å². The minimum Gasteiger partial charge on any atom is -0.373 e. The number of hydrogen-bond donors (Lipinski definition) is 1. The molecule has 1 saturated heterocycles. The van der Waals surface area contributed by atoms with E-state index in [4.69, 9.17) is 10.5 Å². The van der Waals surface area contributed by atoms with Gasteiger partial charge in [-0.05, 0) is 37.8 Å². The fourth-order valence-electron chi connectivity index (χ4n) is 2.15. The molecular weight excluding hydrogens is 207 g/mol. The van der Waals surface area contributed by atoms with Crippen LogP contribution in [0.5, 0.6) is 0 Å². The molecule has 0 aliphatic carbocycles. The molecule has 1 aliphatic heterocycles. The van der Waals surface area contributed by atoms with Gasteiger partial charge in [-0.15, -0.1) is 0 Å². The van der Waals surface area contributed by atoms with Crippen LogP contribution < -0.4 is 5.73 Å². The number of hydrogen-bond acceptors (Lipinski definition) is 3. The van der Waals surface area contributed by atoms with Crippen molar-refractivity contribution in [2.75, 3.05) is 6.61 Å². The Hall–Kier alpha value is -1.00. The van der Waals surface area contributed by atoms with E-state index in [9.17, 15) is 4.39 Å². The SMILES string of the molecule is CC1(C(N)c2cncc(F)c2)CCCCO1. The summed E-state index contributed by atoms with van der Waals surface area (Å²) in [5.41, 5.74) is 6.44. The molecule has 0 aromatic carbocycles. The van der Waals surface area contributed by atoms with Crippen LogP contribution in [0.3, 0.4) is 0 Å². The van der Waals surface area contributed by atoms with Gasteiger partial charge in [0.1, 0.15) is 5.82 Å². The standard InChI is InChI=1S/C12H17FN2O/c1-12(4-2-3-5-16-12)11(14)9-6-10(13)8-15-7-9/h6-8,11H,2-5,14H2,1H3. The molecule has 3 nitrogen and oxygen atoms in total. The molecule has 2 N–H and O–H groups in total. The molecule has 88 valence electrons. The number of ether oxygens (including phenoxy) is 1. The maximum atomic E-state index is 13.1.